The monoisotopic (exact) mass is 364 g/mol. The Kier molecular flexibility index (Phi) is 4.17. The molecule has 0 spiro atoms. The maximum absolute atomic E-state index is 6.08. The van der Waals surface area contributed by atoms with Crippen molar-refractivity contribution >= 4 is 40.8 Å². The van der Waals surface area contributed by atoms with E-state index in [2.05, 4.69) is 33.5 Å². The molecule has 0 saturated carbocycles. The van der Waals surface area contributed by atoms with Crippen molar-refractivity contribution in [2.45, 2.75) is 0 Å². The fraction of sp³-hybridized carbons (Fsp3) is 0. The number of fused-ring (bicyclic) bond motifs is 1. The molecular formula is C19H13ClN4S. The molecule has 122 valence electrons. The van der Waals surface area contributed by atoms with Crippen LogP contribution < -0.4 is 0 Å². The second kappa shape index (κ2) is 6.63. The van der Waals surface area contributed by atoms with Gasteiger partial charge in [-0.2, -0.15) is 14.9 Å². The molecule has 0 atom stereocenters. The zero-order valence-corrected chi connectivity index (χ0v) is 14.6. The largest absolute Gasteiger partial charge is 0.250 e. The molecule has 0 radical (unpaired) electrons. The van der Waals surface area contributed by atoms with E-state index in [-0.39, 0.29) is 0 Å². The number of benzene rings is 3. The van der Waals surface area contributed by atoms with Crippen LogP contribution in [-0.4, -0.2) is 21.1 Å². The predicted molar refractivity (Wildman–Crippen MR) is 105 cm³/mol. The second-order valence-corrected chi connectivity index (χ2v) is 6.31. The number of nitrogens with one attached hydrogen (secondary N) is 1. The van der Waals surface area contributed by atoms with Crippen molar-refractivity contribution in [3.63, 3.8) is 0 Å². The van der Waals surface area contributed by atoms with Gasteiger partial charge in [0.15, 0.2) is 5.82 Å². The first-order valence-corrected chi connectivity index (χ1v) is 8.46. The summed E-state index contributed by atoms with van der Waals surface area (Å²) in [6.07, 6.45) is 1.79. The minimum absolute atomic E-state index is 0.423. The first-order valence-electron chi connectivity index (χ1n) is 7.68. The molecule has 4 aromatic rings. The van der Waals surface area contributed by atoms with Crippen molar-refractivity contribution in [2.75, 3.05) is 0 Å². The Bertz CT molecular complexity index is 1140. The molecule has 4 rings (SSSR count). The van der Waals surface area contributed by atoms with Gasteiger partial charge < -0.3 is 0 Å². The average Bonchev–Trinajstić information content (AvgIpc) is 3.00. The fourth-order valence-electron chi connectivity index (χ4n) is 2.70. The lowest BCUT2D eigenvalue weighted by atomic mass is 10.1. The van der Waals surface area contributed by atoms with Gasteiger partial charge in [0.05, 0.1) is 6.21 Å². The van der Waals surface area contributed by atoms with Gasteiger partial charge in [-0.3, -0.25) is 0 Å². The van der Waals surface area contributed by atoms with Crippen LogP contribution in [-0.2, 0) is 0 Å². The second-order valence-electron chi connectivity index (χ2n) is 5.49. The normalized spacial score (nSPS) is 11.4. The van der Waals surface area contributed by atoms with Gasteiger partial charge in [-0.1, -0.05) is 66.2 Å². The highest BCUT2D eigenvalue weighted by atomic mass is 35.5. The first-order chi connectivity index (χ1) is 12.2. The van der Waals surface area contributed by atoms with E-state index in [1.807, 2.05) is 48.5 Å². The molecule has 1 N–H and O–H groups in total. The smallest absolute Gasteiger partial charge is 0.216 e. The lowest BCUT2D eigenvalue weighted by Crippen LogP contribution is -1.95. The van der Waals surface area contributed by atoms with Gasteiger partial charge in [0, 0.05) is 16.1 Å². The summed E-state index contributed by atoms with van der Waals surface area (Å²) < 4.78 is 2.02. The molecule has 0 bridgehead atoms. The van der Waals surface area contributed by atoms with Crippen LogP contribution >= 0.6 is 23.8 Å². The number of hydrogen-bond donors (Lipinski definition) is 1. The molecule has 3 aromatic carbocycles. The summed E-state index contributed by atoms with van der Waals surface area (Å²) in [4.78, 5) is 0. The molecule has 4 nitrogen and oxygen atoms in total. The fourth-order valence-corrected chi connectivity index (χ4v) is 3.07. The van der Waals surface area contributed by atoms with E-state index in [1.54, 1.807) is 10.9 Å². The van der Waals surface area contributed by atoms with Gasteiger partial charge in [0.25, 0.3) is 0 Å². The minimum Gasteiger partial charge on any atom is -0.250 e. The number of H-pyrrole nitrogens is 1. The summed E-state index contributed by atoms with van der Waals surface area (Å²) in [5.74, 6) is 0.615. The van der Waals surface area contributed by atoms with Crippen LogP contribution in [0, 0.1) is 4.77 Å². The van der Waals surface area contributed by atoms with Crippen LogP contribution in [0.25, 0.3) is 22.2 Å². The quantitative estimate of drug-likeness (QED) is 0.396. The Balaban J connectivity index is 1.80. The molecule has 0 saturated heterocycles. The third kappa shape index (κ3) is 3.12. The van der Waals surface area contributed by atoms with Crippen molar-refractivity contribution in [3.8, 4) is 11.4 Å². The van der Waals surface area contributed by atoms with Crippen LogP contribution in [0.4, 0.5) is 0 Å². The van der Waals surface area contributed by atoms with Crippen molar-refractivity contribution in [1.29, 1.82) is 0 Å². The molecule has 25 heavy (non-hydrogen) atoms. The van der Waals surface area contributed by atoms with Gasteiger partial charge in [0.1, 0.15) is 0 Å². The van der Waals surface area contributed by atoms with Crippen LogP contribution in [0.2, 0.25) is 5.02 Å². The van der Waals surface area contributed by atoms with E-state index in [4.69, 9.17) is 23.8 Å². The zero-order chi connectivity index (χ0) is 17.2. The van der Waals surface area contributed by atoms with E-state index in [0.29, 0.717) is 15.6 Å². The Morgan fingerprint density at radius 2 is 1.84 bits per heavy atom. The number of aromatic nitrogens is 3. The highest BCUT2D eigenvalue weighted by Gasteiger charge is 2.08. The molecule has 1 heterocycles. The zero-order valence-electron chi connectivity index (χ0n) is 13.1. The van der Waals surface area contributed by atoms with Gasteiger partial charge in [0.2, 0.25) is 4.77 Å². The Morgan fingerprint density at radius 1 is 1.04 bits per heavy atom. The molecular weight excluding hydrogens is 352 g/mol. The molecule has 0 unspecified atom stereocenters. The highest BCUT2D eigenvalue weighted by Crippen LogP contribution is 2.21. The summed E-state index contributed by atoms with van der Waals surface area (Å²) in [6, 6.07) is 21.7. The maximum atomic E-state index is 6.08. The number of halogens is 1. The first kappa shape index (κ1) is 15.7. The summed E-state index contributed by atoms with van der Waals surface area (Å²) in [7, 11) is 0. The Labute approximate surface area is 154 Å². The van der Waals surface area contributed by atoms with Crippen molar-refractivity contribution in [2.24, 2.45) is 5.10 Å². The Hall–Kier alpha value is -2.76. The molecule has 1 aromatic heterocycles. The number of rotatable bonds is 3. The SMILES string of the molecule is S=c1[nH]nc(-c2cccc(Cl)c2)n1N=Cc1cccc2ccccc12. The van der Waals surface area contributed by atoms with Crippen LogP contribution in [0.1, 0.15) is 5.56 Å². The van der Waals surface area contributed by atoms with Crippen LogP contribution in [0.3, 0.4) is 0 Å². The lowest BCUT2D eigenvalue weighted by molar-refractivity contribution is 0.872. The van der Waals surface area contributed by atoms with Gasteiger partial charge >= 0.3 is 0 Å². The molecule has 0 aliphatic heterocycles. The summed E-state index contributed by atoms with van der Waals surface area (Å²) in [5, 5.41) is 14.5. The lowest BCUT2D eigenvalue weighted by Gasteiger charge is -2.03. The third-order valence-corrected chi connectivity index (χ3v) is 4.37. The van der Waals surface area contributed by atoms with Crippen LogP contribution in [0.5, 0.6) is 0 Å². The Morgan fingerprint density at radius 3 is 2.72 bits per heavy atom. The molecule has 0 amide bonds. The van der Waals surface area contributed by atoms with E-state index in [0.717, 1.165) is 21.9 Å². The topological polar surface area (TPSA) is 46.0 Å². The van der Waals surface area contributed by atoms with E-state index in [9.17, 15) is 0 Å². The third-order valence-electron chi connectivity index (χ3n) is 3.87. The molecule has 0 fully saturated rings. The summed E-state index contributed by atoms with van der Waals surface area (Å²) in [5.41, 5.74) is 1.85. The van der Waals surface area contributed by atoms with E-state index in [1.165, 1.54) is 0 Å². The van der Waals surface area contributed by atoms with Crippen molar-refractivity contribution in [1.82, 2.24) is 14.9 Å². The van der Waals surface area contributed by atoms with E-state index < -0.39 is 0 Å². The van der Waals surface area contributed by atoms with Gasteiger partial charge in [-0.05, 0) is 35.1 Å². The standard InChI is InChI=1S/C19H13ClN4S/c20-16-9-4-7-14(11-16)18-22-23-19(25)24(18)21-12-15-8-3-6-13-5-1-2-10-17(13)15/h1-12H,(H,23,25). The minimum atomic E-state index is 0.423. The molecule has 6 heteroatoms. The summed E-state index contributed by atoms with van der Waals surface area (Å²) >= 11 is 11.4. The average molecular weight is 365 g/mol. The number of aromatic amines is 1. The highest BCUT2D eigenvalue weighted by molar-refractivity contribution is 7.71. The van der Waals surface area contributed by atoms with Crippen molar-refractivity contribution < 1.29 is 0 Å². The van der Waals surface area contributed by atoms with Crippen LogP contribution in [0.15, 0.2) is 71.8 Å². The van der Waals surface area contributed by atoms with Gasteiger partial charge in [-0.15, -0.1) is 0 Å². The van der Waals surface area contributed by atoms with Crippen molar-refractivity contribution in [3.05, 3.63) is 82.1 Å². The molecule has 0 aliphatic carbocycles. The maximum Gasteiger partial charge on any atom is 0.216 e. The molecule has 0 aliphatic rings. The van der Waals surface area contributed by atoms with Gasteiger partial charge in [-0.25, -0.2) is 5.10 Å². The predicted octanol–water partition coefficient (Wildman–Crippen LogP) is 5.30. The number of nitrogens with zero attached hydrogens (tertiary/aromatic N) is 3. The summed E-state index contributed by atoms with van der Waals surface area (Å²) in [6.45, 7) is 0. The van der Waals surface area contributed by atoms with E-state index >= 15 is 0 Å². The number of hydrogen-bond acceptors (Lipinski definition) is 3.